The van der Waals surface area contributed by atoms with Crippen LogP contribution in [0.3, 0.4) is 0 Å². The number of nitrogens with zero attached hydrogens (tertiary/aromatic N) is 3. The van der Waals surface area contributed by atoms with Gasteiger partial charge < -0.3 is 0 Å². The molecule has 1 aliphatic heterocycles. The van der Waals surface area contributed by atoms with Crippen molar-refractivity contribution in [1.82, 2.24) is 14.1 Å². The molecule has 1 N–H and O–H groups in total. The van der Waals surface area contributed by atoms with Crippen LogP contribution < -0.4 is 4.72 Å². The predicted octanol–water partition coefficient (Wildman–Crippen LogP) is 3.02. The number of piperidine rings is 1. The van der Waals surface area contributed by atoms with E-state index in [1.54, 1.807) is 29.2 Å². The molecule has 0 radical (unpaired) electrons. The number of rotatable bonds is 4. The van der Waals surface area contributed by atoms with E-state index in [-0.39, 0.29) is 0 Å². The van der Waals surface area contributed by atoms with Gasteiger partial charge in [0.25, 0.3) is 0 Å². The second kappa shape index (κ2) is 6.62. The summed E-state index contributed by atoms with van der Waals surface area (Å²) in [6.07, 6.45) is 5.42. The Morgan fingerprint density at radius 2 is 2.13 bits per heavy atom. The molecule has 1 unspecified atom stereocenters. The molecule has 1 aliphatic rings. The first-order valence-corrected chi connectivity index (χ1v) is 9.76. The zero-order valence-corrected chi connectivity index (χ0v) is 15.2. The molecule has 6 nitrogen and oxygen atoms in total. The molecule has 3 rings (SSSR count). The van der Waals surface area contributed by atoms with Gasteiger partial charge >= 0.3 is 10.2 Å². The van der Waals surface area contributed by atoms with Crippen molar-refractivity contribution in [3.05, 3.63) is 41.1 Å². The molecule has 2 heterocycles. The second-order valence-electron chi connectivity index (χ2n) is 5.83. The maximum atomic E-state index is 12.7. The summed E-state index contributed by atoms with van der Waals surface area (Å²) >= 11 is 3.35. The minimum Gasteiger partial charge on any atom is -0.269 e. The highest BCUT2D eigenvalue weighted by Crippen LogP contribution is 2.25. The number of aromatic nitrogens is 2. The van der Waals surface area contributed by atoms with Gasteiger partial charge in [-0.15, -0.1) is 0 Å². The number of benzene rings is 1. The van der Waals surface area contributed by atoms with E-state index >= 15 is 0 Å². The largest absolute Gasteiger partial charge is 0.301 e. The molecule has 8 heteroatoms. The summed E-state index contributed by atoms with van der Waals surface area (Å²) in [6, 6.07) is 7.23. The zero-order chi connectivity index (χ0) is 16.4. The molecule has 1 fully saturated rings. The molecule has 1 aromatic heterocycles. The second-order valence-corrected chi connectivity index (χ2v) is 8.42. The maximum Gasteiger partial charge on any atom is 0.301 e. The Morgan fingerprint density at radius 3 is 2.83 bits per heavy atom. The average Bonchev–Trinajstić information content (AvgIpc) is 2.94. The predicted molar refractivity (Wildman–Crippen MR) is 93.8 cm³/mol. The van der Waals surface area contributed by atoms with Crippen molar-refractivity contribution in [3.63, 3.8) is 0 Å². The minimum absolute atomic E-state index is 0.387. The molecular formula is C15H19BrN4O2S. The minimum atomic E-state index is -3.56. The smallest absolute Gasteiger partial charge is 0.269 e. The normalized spacial score (nSPS) is 19.7. The summed E-state index contributed by atoms with van der Waals surface area (Å²) in [4.78, 5) is 0. The number of para-hydroxylation sites is 2. The van der Waals surface area contributed by atoms with Crippen LogP contribution in [0.4, 0.5) is 5.69 Å². The van der Waals surface area contributed by atoms with Crippen LogP contribution in [0.2, 0.25) is 0 Å². The molecule has 1 saturated heterocycles. The van der Waals surface area contributed by atoms with Crippen LogP contribution in [0.15, 0.2) is 41.1 Å². The Hall–Kier alpha value is -1.38. The van der Waals surface area contributed by atoms with E-state index in [4.69, 9.17) is 0 Å². The Bertz CT molecular complexity index is 790. The fourth-order valence-electron chi connectivity index (χ4n) is 2.76. The molecule has 0 bridgehead atoms. The van der Waals surface area contributed by atoms with Crippen LogP contribution >= 0.6 is 15.9 Å². The average molecular weight is 399 g/mol. The monoisotopic (exact) mass is 398 g/mol. The number of anilines is 1. The van der Waals surface area contributed by atoms with E-state index in [0.29, 0.717) is 30.4 Å². The van der Waals surface area contributed by atoms with Crippen molar-refractivity contribution < 1.29 is 8.42 Å². The summed E-state index contributed by atoms with van der Waals surface area (Å²) < 4.78 is 32.0. The third kappa shape index (κ3) is 3.76. The van der Waals surface area contributed by atoms with Gasteiger partial charge in [-0.3, -0.25) is 4.72 Å². The van der Waals surface area contributed by atoms with E-state index < -0.39 is 10.2 Å². The molecular weight excluding hydrogens is 380 g/mol. The number of halogens is 1. The van der Waals surface area contributed by atoms with Crippen LogP contribution in [0.1, 0.15) is 19.8 Å². The van der Waals surface area contributed by atoms with Crippen molar-refractivity contribution >= 4 is 31.8 Å². The Labute approximate surface area is 144 Å². The summed E-state index contributed by atoms with van der Waals surface area (Å²) in [5, 5.41) is 4.22. The first kappa shape index (κ1) is 16.5. The van der Waals surface area contributed by atoms with Crippen LogP contribution in [0, 0.1) is 5.92 Å². The van der Waals surface area contributed by atoms with Gasteiger partial charge in [0.05, 0.1) is 22.0 Å². The van der Waals surface area contributed by atoms with E-state index in [1.807, 2.05) is 12.1 Å². The van der Waals surface area contributed by atoms with Gasteiger partial charge in [0.2, 0.25) is 0 Å². The molecule has 0 aliphatic carbocycles. The van der Waals surface area contributed by atoms with Gasteiger partial charge in [0.15, 0.2) is 0 Å². The standard InChI is InChI=1S/C15H19BrN4O2S/c1-12-5-4-8-19(10-12)23(21,22)18-14-6-2-3-7-15(14)20-11-13(16)9-17-20/h2-3,6-7,9,11-12,18H,4-5,8,10H2,1H3. The third-order valence-electron chi connectivity index (χ3n) is 3.90. The lowest BCUT2D eigenvalue weighted by molar-refractivity contribution is 0.282. The van der Waals surface area contributed by atoms with Crippen LogP contribution in [0.25, 0.3) is 5.69 Å². The summed E-state index contributed by atoms with van der Waals surface area (Å²) in [6.45, 7) is 3.21. The van der Waals surface area contributed by atoms with Crippen molar-refractivity contribution in [3.8, 4) is 5.69 Å². The SMILES string of the molecule is CC1CCCN(S(=O)(=O)Nc2ccccc2-n2cc(Br)cn2)C1. The first-order chi connectivity index (χ1) is 11.0. The highest BCUT2D eigenvalue weighted by Gasteiger charge is 2.27. The third-order valence-corrected chi connectivity index (χ3v) is 5.80. The fraction of sp³-hybridized carbons (Fsp3) is 0.400. The number of hydrogen-bond donors (Lipinski definition) is 1. The molecule has 23 heavy (non-hydrogen) atoms. The lowest BCUT2D eigenvalue weighted by Crippen LogP contribution is -2.42. The summed E-state index contributed by atoms with van der Waals surface area (Å²) in [5.41, 5.74) is 1.20. The Kier molecular flexibility index (Phi) is 4.74. The van der Waals surface area contributed by atoms with Crippen LogP contribution in [-0.2, 0) is 10.2 Å². The highest BCUT2D eigenvalue weighted by molar-refractivity contribution is 9.10. The van der Waals surface area contributed by atoms with E-state index in [1.165, 1.54) is 4.31 Å². The van der Waals surface area contributed by atoms with E-state index in [2.05, 4.69) is 32.7 Å². The van der Waals surface area contributed by atoms with Gasteiger partial charge in [-0.25, -0.2) is 4.68 Å². The highest BCUT2D eigenvalue weighted by atomic mass is 79.9. The first-order valence-electron chi connectivity index (χ1n) is 7.53. The van der Waals surface area contributed by atoms with Crippen molar-refractivity contribution in [1.29, 1.82) is 0 Å². The Morgan fingerprint density at radius 1 is 1.35 bits per heavy atom. The van der Waals surface area contributed by atoms with Crippen molar-refractivity contribution in [2.24, 2.45) is 5.92 Å². The van der Waals surface area contributed by atoms with Gasteiger partial charge in [-0.1, -0.05) is 19.1 Å². The molecule has 1 aromatic carbocycles. The van der Waals surface area contributed by atoms with E-state index in [9.17, 15) is 8.42 Å². The molecule has 124 valence electrons. The van der Waals surface area contributed by atoms with Crippen molar-refractivity contribution in [2.75, 3.05) is 17.8 Å². The van der Waals surface area contributed by atoms with Crippen LogP contribution in [-0.4, -0.2) is 35.6 Å². The van der Waals surface area contributed by atoms with Gasteiger partial charge in [0, 0.05) is 19.3 Å². The lowest BCUT2D eigenvalue weighted by atomic mass is 10.0. The lowest BCUT2D eigenvalue weighted by Gasteiger charge is -2.30. The number of nitrogens with one attached hydrogen (secondary N) is 1. The Balaban J connectivity index is 1.88. The van der Waals surface area contributed by atoms with Gasteiger partial charge in [0.1, 0.15) is 0 Å². The van der Waals surface area contributed by atoms with Crippen LogP contribution in [0.5, 0.6) is 0 Å². The number of hydrogen-bond acceptors (Lipinski definition) is 3. The molecule has 0 amide bonds. The van der Waals surface area contributed by atoms with Gasteiger partial charge in [-0.2, -0.15) is 17.8 Å². The zero-order valence-electron chi connectivity index (χ0n) is 12.8. The van der Waals surface area contributed by atoms with Crippen molar-refractivity contribution in [2.45, 2.75) is 19.8 Å². The molecule has 0 saturated carbocycles. The van der Waals surface area contributed by atoms with Gasteiger partial charge in [-0.05, 0) is 46.8 Å². The molecule has 0 spiro atoms. The fourth-order valence-corrected chi connectivity index (χ4v) is 4.45. The molecule has 1 atom stereocenters. The topological polar surface area (TPSA) is 67.2 Å². The summed E-state index contributed by atoms with van der Waals surface area (Å²) in [5.74, 6) is 0.387. The van der Waals surface area contributed by atoms with E-state index in [0.717, 1.165) is 17.3 Å². The molecule has 2 aromatic rings. The maximum absolute atomic E-state index is 12.7. The quantitative estimate of drug-likeness (QED) is 0.860. The summed E-state index contributed by atoms with van der Waals surface area (Å²) in [7, 11) is -3.56.